The minimum Gasteiger partial charge on any atom is -0.376 e. The SMILES string of the molecule is CC(Nc1ccc(C#N)cc1F)c1ccc(F)cc1Cl. The molecule has 2 nitrogen and oxygen atoms in total. The van der Waals surface area contributed by atoms with Crippen LogP contribution in [0.3, 0.4) is 0 Å². The van der Waals surface area contributed by atoms with Gasteiger partial charge in [-0.3, -0.25) is 0 Å². The average molecular weight is 293 g/mol. The number of hydrogen-bond donors (Lipinski definition) is 1. The Kier molecular flexibility index (Phi) is 4.21. The van der Waals surface area contributed by atoms with Crippen LogP contribution in [0.15, 0.2) is 36.4 Å². The van der Waals surface area contributed by atoms with E-state index in [2.05, 4.69) is 5.32 Å². The Labute approximate surface area is 120 Å². The van der Waals surface area contributed by atoms with Gasteiger partial charge in [0.25, 0.3) is 0 Å². The van der Waals surface area contributed by atoms with Gasteiger partial charge in [0, 0.05) is 5.02 Å². The zero-order chi connectivity index (χ0) is 14.7. The summed E-state index contributed by atoms with van der Waals surface area (Å²) in [5.41, 5.74) is 1.18. The van der Waals surface area contributed by atoms with Gasteiger partial charge in [-0.1, -0.05) is 17.7 Å². The molecule has 20 heavy (non-hydrogen) atoms. The Bertz CT molecular complexity index is 680. The van der Waals surface area contributed by atoms with Crippen molar-refractivity contribution in [3.63, 3.8) is 0 Å². The maximum absolute atomic E-state index is 13.8. The van der Waals surface area contributed by atoms with Gasteiger partial charge in [0.05, 0.1) is 23.4 Å². The van der Waals surface area contributed by atoms with Crippen LogP contribution in [-0.4, -0.2) is 0 Å². The van der Waals surface area contributed by atoms with E-state index in [-0.39, 0.29) is 22.3 Å². The molecule has 0 radical (unpaired) electrons. The van der Waals surface area contributed by atoms with Crippen LogP contribution in [0.2, 0.25) is 5.02 Å². The molecule has 1 unspecified atom stereocenters. The Morgan fingerprint density at radius 2 is 1.95 bits per heavy atom. The zero-order valence-electron chi connectivity index (χ0n) is 10.6. The molecule has 0 aliphatic carbocycles. The Hall–Kier alpha value is -2.12. The number of rotatable bonds is 3. The van der Waals surface area contributed by atoms with Crippen molar-refractivity contribution in [3.05, 3.63) is 64.2 Å². The van der Waals surface area contributed by atoms with Crippen molar-refractivity contribution in [3.8, 4) is 6.07 Å². The van der Waals surface area contributed by atoms with Crippen LogP contribution >= 0.6 is 11.6 Å². The second kappa shape index (κ2) is 5.89. The smallest absolute Gasteiger partial charge is 0.147 e. The topological polar surface area (TPSA) is 35.8 Å². The molecule has 1 atom stereocenters. The number of anilines is 1. The maximum Gasteiger partial charge on any atom is 0.147 e. The van der Waals surface area contributed by atoms with E-state index in [9.17, 15) is 8.78 Å². The van der Waals surface area contributed by atoms with E-state index in [0.717, 1.165) is 6.07 Å². The highest BCUT2D eigenvalue weighted by atomic mass is 35.5. The van der Waals surface area contributed by atoms with Crippen LogP contribution in [0.5, 0.6) is 0 Å². The van der Waals surface area contributed by atoms with E-state index in [1.165, 1.54) is 24.3 Å². The molecular formula is C15H11ClF2N2. The quantitative estimate of drug-likeness (QED) is 0.893. The molecular weight excluding hydrogens is 282 g/mol. The van der Waals surface area contributed by atoms with E-state index in [1.807, 2.05) is 6.07 Å². The fraction of sp³-hybridized carbons (Fsp3) is 0.133. The molecule has 0 aromatic heterocycles. The monoisotopic (exact) mass is 292 g/mol. The van der Waals surface area contributed by atoms with Crippen LogP contribution in [-0.2, 0) is 0 Å². The molecule has 102 valence electrons. The van der Waals surface area contributed by atoms with Crippen molar-refractivity contribution in [2.45, 2.75) is 13.0 Å². The van der Waals surface area contributed by atoms with Gasteiger partial charge in [0.2, 0.25) is 0 Å². The summed E-state index contributed by atoms with van der Waals surface area (Å²) in [4.78, 5) is 0. The molecule has 0 fully saturated rings. The number of nitrogens with one attached hydrogen (secondary N) is 1. The largest absolute Gasteiger partial charge is 0.376 e. The van der Waals surface area contributed by atoms with Gasteiger partial charge in [0.15, 0.2) is 0 Å². The highest BCUT2D eigenvalue weighted by Gasteiger charge is 2.12. The normalized spacial score (nSPS) is 11.8. The van der Waals surface area contributed by atoms with Gasteiger partial charge in [-0.2, -0.15) is 5.26 Å². The number of nitrogens with zero attached hydrogens (tertiary/aromatic N) is 1. The standard InChI is InChI=1S/C15H11ClF2N2/c1-9(12-4-3-11(17)7-13(12)16)20-15-5-2-10(8-19)6-14(15)18/h2-7,9,20H,1H3. The van der Waals surface area contributed by atoms with Crippen molar-refractivity contribution in [1.82, 2.24) is 0 Å². The van der Waals surface area contributed by atoms with E-state index in [1.54, 1.807) is 13.0 Å². The second-order valence-corrected chi connectivity index (χ2v) is 4.75. The van der Waals surface area contributed by atoms with E-state index in [0.29, 0.717) is 5.56 Å². The first kappa shape index (κ1) is 14.3. The number of hydrogen-bond acceptors (Lipinski definition) is 2. The Balaban J connectivity index is 2.23. The lowest BCUT2D eigenvalue weighted by Gasteiger charge is -2.17. The molecule has 0 saturated carbocycles. The van der Waals surface area contributed by atoms with Crippen molar-refractivity contribution in [2.24, 2.45) is 0 Å². The molecule has 1 N–H and O–H groups in total. The third-order valence-electron chi connectivity index (χ3n) is 2.90. The van der Waals surface area contributed by atoms with Gasteiger partial charge in [-0.15, -0.1) is 0 Å². The third-order valence-corrected chi connectivity index (χ3v) is 3.23. The molecule has 0 aliphatic heterocycles. The summed E-state index contributed by atoms with van der Waals surface area (Å²) in [6.45, 7) is 1.79. The Morgan fingerprint density at radius 1 is 1.20 bits per heavy atom. The lowest BCUT2D eigenvalue weighted by Crippen LogP contribution is -2.08. The molecule has 0 heterocycles. The summed E-state index contributed by atoms with van der Waals surface area (Å²) in [5.74, 6) is -0.940. The molecule has 0 aliphatic rings. The third kappa shape index (κ3) is 3.06. The number of halogens is 3. The minimum absolute atomic E-state index is 0.250. The summed E-state index contributed by atoms with van der Waals surface area (Å²) in [6.07, 6.45) is 0. The van der Waals surface area contributed by atoms with Gasteiger partial charge in [-0.05, 0) is 42.8 Å². The predicted molar refractivity (Wildman–Crippen MR) is 74.6 cm³/mol. The van der Waals surface area contributed by atoms with E-state index in [4.69, 9.17) is 16.9 Å². The van der Waals surface area contributed by atoms with Crippen LogP contribution in [0.4, 0.5) is 14.5 Å². The lowest BCUT2D eigenvalue weighted by molar-refractivity contribution is 0.623. The molecule has 0 spiro atoms. The second-order valence-electron chi connectivity index (χ2n) is 4.34. The van der Waals surface area contributed by atoms with Crippen LogP contribution < -0.4 is 5.32 Å². The van der Waals surface area contributed by atoms with E-state index < -0.39 is 11.6 Å². The highest BCUT2D eigenvalue weighted by molar-refractivity contribution is 6.31. The van der Waals surface area contributed by atoms with Crippen LogP contribution in [0, 0.1) is 23.0 Å². The maximum atomic E-state index is 13.8. The van der Waals surface area contributed by atoms with Crippen molar-refractivity contribution >= 4 is 17.3 Å². The first-order chi connectivity index (χ1) is 9.51. The molecule has 0 saturated heterocycles. The summed E-state index contributed by atoms with van der Waals surface area (Å²) >= 11 is 5.96. The molecule has 5 heteroatoms. The Morgan fingerprint density at radius 3 is 2.55 bits per heavy atom. The summed E-state index contributed by atoms with van der Waals surface area (Å²) in [7, 11) is 0. The van der Waals surface area contributed by atoms with Crippen molar-refractivity contribution in [1.29, 1.82) is 5.26 Å². The first-order valence-corrected chi connectivity index (χ1v) is 6.30. The summed E-state index contributed by atoms with van der Waals surface area (Å²) in [5, 5.41) is 11.9. The number of benzene rings is 2. The van der Waals surface area contributed by atoms with Gasteiger partial charge >= 0.3 is 0 Å². The van der Waals surface area contributed by atoms with Gasteiger partial charge in [0.1, 0.15) is 11.6 Å². The molecule has 0 amide bonds. The minimum atomic E-state index is -0.519. The zero-order valence-corrected chi connectivity index (χ0v) is 11.4. The van der Waals surface area contributed by atoms with Crippen molar-refractivity contribution in [2.75, 3.05) is 5.32 Å². The molecule has 2 aromatic rings. The fourth-order valence-corrected chi connectivity index (χ4v) is 2.20. The molecule has 2 rings (SSSR count). The highest BCUT2D eigenvalue weighted by Crippen LogP contribution is 2.27. The average Bonchev–Trinajstić information content (AvgIpc) is 2.40. The fourth-order valence-electron chi connectivity index (χ4n) is 1.87. The molecule has 2 aromatic carbocycles. The van der Waals surface area contributed by atoms with Crippen LogP contribution in [0.25, 0.3) is 0 Å². The summed E-state index contributed by atoms with van der Waals surface area (Å²) in [6, 6.07) is 9.79. The van der Waals surface area contributed by atoms with Gasteiger partial charge in [-0.25, -0.2) is 8.78 Å². The first-order valence-electron chi connectivity index (χ1n) is 5.92. The van der Waals surface area contributed by atoms with Crippen molar-refractivity contribution < 1.29 is 8.78 Å². The predicted octanol–water partition coefficient (Wildman–Crippen LogP) is 4.66. The van der Waals surface area contributed by atoms with E-state index >= 15 is 0 Å². The lowest BCUT2D eigenvalue weighted by atomic mass is 10.1. The summed E-state index contributed by atoms with van der Waals surface area (Å²) < 4.78 is 26.8. The number of nitriles is 1. The van der Waals surface area contributed by atoms with Crippen LogP contribution in [0.1, 0.15) is 24.1 Å². The van der Waals surface area contributed by atoms with Gasteiger partial charge < -0.3 is 5.32 Å². The molecule has 0 bridgehead atoms.